The Morgan fingerprint density at radius 1 is 1.48 bits per heavy atom. The first-order chi connectivity index (χ1) is 12.8. The molecule has 1 aromatic heterocycles. The normalized spacial score (nSPS) is 28.8. The molecule has 2 N–H and O–H groups in total. The maximum atomic E-state index is 14.4. The molecule has 1 aliphatic carbocycles. The molecule has 5 nitrogen and oxygen atoms in total. The van der Waals surface area contributed by atoms with Gasteiger partial charge in [0.2, 0.25) is 0 Å². The fraction of sp³-hybridized carbons (Fsp3) is 0.714. The molecule has 3 rings (SSSR count). The molecule has 27 heavy (non-hydrogen) atoms. The van der Waals surface area contributed by atoms with E-state index in [-0.39, 0.29) is 5.41 Å². The van der Waals surface area contributed by atoms with Crippen molar-refractivity contribution in [3.8, 4) is 0 Å². The van der Waals surface area contributed by atoms with Gasteiger partial charge in [-0.25, -0.2) is 9.87 Å². The van der Waals surface area contributed by atoms with Gasteiger partial charge in [0, 0.05) is 25.8 Å². The predicted octanol–water partition coefficient (Wildman–Crippen LogP) is 3.75. The summed E-state index contributed by atoms with van der Waals surface area (Å²) in [4.78, 5) is 18.4. The van der Waals surface area contributed by atoms with E-state index >= 15 is 0 Å². The zero-order chi connectivity index (χ0) is 19.6. The highest BCUT2D eigenvalue weighted by molar-refractivity contribution is 5.93. The summed E-state index contributed by atoms with van der Waals surface area (Å²) in [5.41, 5.74) is 4.07. The molecule has 1 aliphatic heterocycles. The molecule has 0 aromatic carbocycles. The van der Waals surface area contributed by atoms with Crippen molar-refractivity contribution in [1.82, 2.24) is 15.4 Å². The van der Waals surface area contributed by atoms with E-state index in [4.69, 9.17) is 5.21 Å². The van der Waals surface area contributed by atoms with Crippen LogP contribution in [0.15, 0.2) is 12.3 Å². The molecule has 2 heterocycles. The van der Waals surface area contributed by atoms with Gasteiger partial charge in [-0.3, -0.25) is 19.9 Å². The first-order valence-corrected chi connectivity index (χ1v) is 10.1. The van der Waals surface area contributed by atoms with E-state index < -0.39 is 12.1 Å². The van der Waals surface area contributed by atoms with E-state index in [1.54, 1.807) is 5.48 Å². The topological polar surface area (TPSA) is 65.5 Å². The highest BCUT2D eigenvalue weighted by Gasteiger charge is 2.39. The fourth-order valence-electron chi connectivity index (χ4n) is 5.15. The molecule has 6 heteroatoms. The predicted molar refractivity (Wildman–Crippen MR) is 102 cm³/mol. The lowest BCUT2D eigenvalue weighted by molar-refractivity contribution is 0.0345. The van der Waals surface area contributed by atoms with Crippen molar-refractivity contribution in [3.63, 3.8) is 0 Å². The van der Waals surface area contributed by atoms with E-state index in [2.05, 4.69) is 30.7 Å². The smallest absolute Gasteiger partial charge is 0.276 e. The molecule has 0 saturated heterocycles. The second-order valence-corrected chi connectivity index (χ2v) is 9.28. The van der Waals surface area contributed by atoms with Crippen molar-refractivity contribution in [3.05, 3.63) is 29.1 Å². The minimum absolute atomic E-state index is 0.00540. The number of hydrogen-bond donors (Lipinski definition) is 2. The summed E-state index contributed by atoms with van der Waals surface area (Å²) in [6.07, 6.45) is 5.20. The monoisotopic (exact) mass is 377 g/mol. The molecule has 0 spiro atoms. The van der Waals surface area contributed by atoms with E-state index in [0.29, 0.717) is 30.2 Å². The molecule has 3 atom stereocenters. The van der Waals surface area contributed by atoms with Gasteiger partial charge in [0.1, 0.15) is 6.17 Å². The van der Waals surface area contributed by atoms with Crippen LogP contribution >= 0.6 is 0 Å². The lowest BCUT2D eigenvalue weighted by Gasteiger charge is -2.44. The highest BCUT2D eigenvalue weighted by Crippen LogP contribution is 2.43. The fourth-order valence-corrected chi connectivity index (χ4v) is 5.15. The maximum Gasteiger partial charge on any atom is 0.276 e. The number of alkyl halides is 1. The minimum atomic E-state index is -0.692. The van der Waals surface area contributed by atoms with E-state index in [9.17, 15) is 9.18 Å². The first-order valence-electron chi connectivity index (χ1n) is 10.1. The van der Waals surface area contributed by atoms with Gasteiger partial charge in [-0.05, 0) is 61.0 Å². The van der Waals surface area contributed by atoms with Gasteiger partial charge < -0.3 is 0 Å². The summed E-state index contributed by atoms with van der Waals surface area (Å²) in [5.74, 6) is 0.557. The zero-order valence-corrected chi connectivity index (χ0v) is 16.7. The Labute approximate surface area is 161 Å². The molecule has 1 fully saturated rings. The van der Waals surface area contributed by atoms with Crippen LogP contribution in [-0.2, 0) is 13.0 Å². The Kier molecular flexibility index (Phi) is 6.16. The van der Waals surface area contributed by atoms with Crippen LogP contribution in [0.5, 0.6) is 0 Å². The Morgan fingerprint density at radius 3 is 2.96 bits per heavy atom. The van der Waals surface area contributed by atoms with Gasteiger partial charge in [-0.1, -0.05) is 20.8 Å². The Balaban J connectivity index is 1.65. The summed E-state index contributed by atoms with van der Waals surface area (Å²) >= 11 is 0. The number of rotatable bonds is 5. The number of hydroxylamine groups is 1. The summed E-state index contributed by atoms with van der Waals surface area (Å²) in [5, 5.41) is 8.78. The number of halogens is 1. The molecule has 1 aromatic rings. The van der Waals surface area contributed by atoms with Crippen LogP contribution in [0.2, 0.25) is 0 Å². The van der Waals surface area contributed by atoms with Crippen LogP contribution in [0, 0.1) is 17.3 Å². The maximum absolute atomic E-state index is 14.4. The van der Waals surface area contributed by atoms with E-state index in [0.717, 1.165) is 50.2 Å². The SMILES string of the molecule is CC(C)CC1CC(F)CC(C)(CN2CCc3cc(C(=O)NO)cnc3C2)C1. The zero-order valence-electron chi connectivity index (χ0n) is 16.7. The lowest BCUT2D eigenvalue weighted by Crippen LogP contribution is -2.44. The van der Waals surface area contributed by atoms with Crippen LogP contribution < -0.4 is 5.48 Å². The summed E-state index contributed by atoms with van der Waals surface area (Å²) < 4.78 is 14.4. The standard InChI is InChI=1S/C21H32FN3O2/c1-14(2)6-15-7-18(22)10-21(3,9-15)13-25-5-4-16-8-17(20(26)24-27)11-23-19(16)12-25/h8,11,14-15,18,27H,4-7,9-10,12-13H2,1-3H3,(H,24,26). The summed E-state index contributed by atoms with van der Waals surface area (Å²) in [7, 11) is 0. The van der Waals surface area contributed by atoms with Gasteiger partial charge in [0.05, 0.1) is 11.3 Å². The molecular weight excluding hydrogens is 345 g/mol. The average Bonchev–Trinajstić information content (AvgIpc) is 2.58. The van der Waals surface area contributed by atoms with Crippen LogP contribution in [0.4, 0.5) is 4.39 Å². The van der Waals surface area contributed by atoms with Crippen LogP contribution in [0.25, 0.3) is 0 Å². The minimum Gasteiger partial charge on any atom is -0.297 e. The highest BCUT2D eigenvalue weighted by atomic mass is 19.1. The number of aromatic nitrogens is 1. The number of hydrogen-bond acceptors (Lipinski definition) is 4. The Bertz CT molecular complexity index is 679. The quantitative estimate of drug-likeness (QED) is 0.606. The van der Waals surface area contributed by atoms with Crippen molar-refractivity contribution in [1.29, 1.82) is 0 Å². The largest absolute Gasteiger partial charge is 0.297 e. The van der Waals surface area contributed by atoms with Crippen molar-refractivity contribution < 1.29 is 14.4 Å². The van der Waals surface area contributed by atoms with Crippen LogP contribution in [0.1, 0.15) is 68.1 Å². The van der Waals surface area contributed by atoms with E-state index in [1.165, 1.54) is 6.20 Å². The van der Waals surface area contributed by atoms with Gasteiger partial charge in [0.25, 0.3) is 5.91 Å². The van der Waals surface area contributed by atoms with Gasteiger partial charge in [0.15, 0.2) is 0 Å². The van der Waals surface area contributed by atoms with Gasteiger partial charge in [-0.2, -0.15) is 0 Å². The molecule has 1 amide bonds. The molecule has 0 radical (unpaired) electrons. The number of nitrogens with zero attached hydrogens (tertiary/aromatic N) is 2. The molecule has 2 aliphatic rings. The molecule has 3 unspecified atom stereocenters. The molecular formula is C21H32FN3O2. The second-order valence-electron chi connectivity index (χ2n) is 9.28. The summed E-state index contributed by atoms with van der Waals surface area (Å²) in [6, 6.07) is 1.81. The van der Waals surface area contributed by atoms with E-state index in [1.807, 2.05) is 6.07 Å². The number of fused-ring (bicyclic) bond motifs is 1. The van der Waals surface area contributed by atoms with Crippen LogP contribution in [0.3, 0.4) is 0 Å². The number of carbonyl (C=O) groups excluding carboxylic acids is 1. The molecule has 1 saturated carbocycles. The average molecular weight is 378 g/mol. The number of carbonyl (C=O) groups is 1. The third-order valence-corrected chi connectivity index (χ3v) is 5.99. The first kappa shape index (κ1) is 20.2. The summed E-state index contributed by atoms with van der Waals surface area (Å²) in [6.45, 7) is 9.19. The molecule has 0 bridgehead atoms. The third-order valence-electron chi connectivity index (χ3n) is 5.99. The van der Waals surface area contributed by atoms with Crippen LogP contribution in [-0.4, -0.2) is 40.3 Å². The Hall–Kier alpha value is -1.53. The van der Waals surface area contributed by atoms with Crippen molar-refractivity contribution >= 4 is 5.91 Å². The van der Waals surface area contributed by atoms with Crippen molar-refractivity contribution in [2.45, 2.75) is 65.6 Å². The third kappa shape index (κ3) is 5.05. The van der Waals surface area contributed by atoms with Crippen molar-refractivity contribution in [2.75, 3.05) is 13.1 Å². The number of nitrogens with one attached hydrogen (secondary N) is 1. The van der Waals surface area contributed by atoms with Gasteiger partial charge in [-0.15, -0.1) is 0 Å². The number of pyridine rings is 1. The number of amides is 1. The lowest BCUT2D eigenvalue weighted by atomic mass is 9.68. The Morgan fingerprint density at radius 2 is 2.26 bits per heavy atom. The van der Waals surface area contributed by atoms with Crippen molar-refractivity contribution in [2.24, 2.45) is 17.3 Å². The van der Waals surface area contributed by atoms with Gasteiger partial charge >= 0.3 is 0 Å². The molecule has 150 valence electrons. The second kappa shape index (κ2) is 8.23.